The van der Waals surface area contributed by atoms with Gasteiger partial charge in [0.25, 0.3) is 5.69 Å². The smallest absolute Gasteiger partial charge is 0.282 e. The summed E-state index contributed by atoms with van der Waals surface area (Å²) in [6.07, 6.45) is 0. The van der Waals surface area contributed by atoms with Crippen molar-refractivity contribution >= 4 is 51.3 Å². The number of halogens is 3. The summed E-state index contributed by atoms with van der Waals surface area (Å²) in [5.74, 6) is -0.495. The van der Waals surface area contributed by atoms with Gasteiger partial charge in [0.1, 0.15) is 5.82 Å². The number of nitro groups is 1. The topological polar surface area (TPSA) is 55.2 Å². The Bertz CT molecular complexity index is 652. The van der Waals surface area contributed by atoms with E-state index in [0.717, 1.165) is 0 Å². The molecule has 0 saturated heterocycles. The van der Waals surface area contributed by atoms with E-state index in [2.05, 4.69) is 5.32 Å². The van der Waals surface area contributed by atoms with Gasteiger partial charge in [0.15, 0.2) is 0 Å². The molecule has 1 N–H and O–H groups in total. The van der Waals surface area contributed by atoms with Gasteiger partial charge in [-0.1, -0.05) is 11.6 Å². The zero-order chi connectivity index (χ0) is 14.0. The number of hydrogen-bond acceptors (Lipinski definition) is 3. The second-order valence-corrected chi connectivity index (χ2v) is 5.25. The highest BCUT2D eigenvalue weighted by Gasteiger charge is 2.11. The lowest BCUT2D eigenvalue weighted by Crippen LogP contribution is -1.95. The van der Waals surface area contributed by atoms with Crippen molar-refractivity contribution < 1.29 is 9.31 Å². The number of nitrogens with zero attached hydrogens (tertiary/aromatic N) is 1. The van der Waals surface area contributed by atoms with Gasteiger partial charge in [-0.05, 0) is 52.9 Å². The van der Waals surface area contributed by atoms with Crippen molar-refractivity contribution in [2.75, 3.05) is 5.32 Å². The van der Waals surface area contributed by atoms with Crippen LogP contribution in [-0.2, 0) is 0 Å². The first-order valence-electron chi connectivity index (χ1n) is 5.13. The van der Waals surface area contributed by atoms with Gasteiger partial charge in [-0.25, -0.2) is 4.39 Å². The Morgan fingerprint density at radius 3 is 2.42 bits per heavy atom. The highest BCUT2D eigenvalue weighted by molar-refractivity contribution is 14.1. The molecule has 7 heteroatoms. The summed E-state index contributed by atoms with van der Waals surface area (Å²) in [5.41, 5.74) is 1.32. The first kappa shape index (κ1) is 14.0. The van der Waals surface area contributed by atoms with Crippen molar-refractivity contribution in [1.29, 1.82) is 0 Å². The Hall–Kier alpha value is -1.41. The second-order valence-electron chi connectivity index (χ2n) is 3.68. The van der Waals surface area contributed by atoms with E-state index >= 15 is 0 Å². The van der Waals surface area contributed by atoms with Crippen molar-refractivity contribution in [3.8, 4) is 0 Å². The van der Waals surface area contributed by atoms with Gasteiger partial charge >= 0.3 is 0 Å². The molecule has 0 bridgehead atoms. The average Bonchev–Trinajstić information content (AvgIpc) is 2.33. The van der Waals surface area contributed by atoms with Crippen LogP contribution in [0.4, 0.5) is 21.5 Å². The third-order valence-electron chi connectivity index (χ3n) is 2.35. The molecule has 0 unspecified atom stereocenters. The lowest BCUT2D eigenvalue weighted by Gasteiger charge is -2.07. The molecule has 2 rings (SSSR count). The maximum atomic E-state index is 13.0. The fourth-order valence-electron chi connectivity index (χ4n) is 1.47. The monoisotopic (exact) mass is 392 g/mol. The predicted octanol–water partition coefficient (Wildman–Crippen LogP) is 4.74. The standard InChI is InChI=1S/C12H7ClFIN2O2/c13-9-5-7(1-3-10(9)14)16-8-2-4-12(17(18)19)11(15)6-8/h1-6,16H. The van der Waals surface area contributed by atoms with Crippen LogP contribution < -0.4 is 5.32 Å². The molecule has 0 heterocycles. The summed E-state index contributed by atoms with van der Waals surface area (Å²) in [6.45, 7) is 0. The van der Waals surface area contributed by atoms with Crippen LogP contribution in [0.3, 0.4) is 0 Å². The van der Waals surface area contributed by atoms with E-state index in [4.69, 9.17) is 11.6 Å². The predicted molar refractivity (Wildman–Crippen MR) is 80.5 cm³/mol. The Kier molecular flexibility index (Phi) is 4.20. The Labute approximate surface area is 126 Å². The molecule has 0 saturated carbocycles. The fraction of sp³-hybridized carbons (Fsp3) is 0. The van der Waals surface area contributed by atoms with Crippen LogP contribution in [-0.4, -0.2) is 4.92 Å². The van der Waals surface area contributed by atoms with E-state index in [0.29, 0.717) is 14.9 Å². The molecule has 0 fully saturated rings. The van der Waals surface area contributed by atoms with Gasteiger partial charge in [0, 0.05) is 17.4 Å². The number of hydrogen-bond donors (Lipinski definition) is 1. The lowest BCUT2D eigenvalue weighted by atomic mass is 10.2. The van der Waals surface area contributed by atoms with Crippen molar-refractivity contribution in [3.63, 3.8) is 0 Å². The molecule has 2 aromatic carbocycles. The van der Waals surface area contributed by atoms with Crippen LogP contribution in [0.1, 0.15) is 0 Å². The number of nitro benzene ring substituents is 1. The highest BCUT2D eigenvalue weighted by Crippen LogP contribution is 2.27. The summed E-state index contributed by atoms with van der Waals surface area (Å²) in [4.78, 5) is 10.3. The third kappa shape index (κ3) is 3.32. The Morgan fingerprint density at radius 1 is 1.21 bits per heavy atom. The Morgan fingerprint density at radius 2 is 1.84 bits per heavy atom. The largest absolute Gasteiger partial charge is 0.355 e. The maximum Gasteiger partial charge on any atom is 0.282 e. The average molecular weight is 393 g/mol. The molecule has 0 amide bonds. The van der Waals surface area contributed by atoms with E-state index in [1.165, 1.54) is 24.3 Å². The lowest BCUT2D eigenvalue weighted by molar-refractivity contribution is -0.385. The summed E-state index contributed by atoms with van der Waals surface area (Å²) in [6, 6.07) is 8.87. The van der Waals surface area contributed by atoms with Gasteiger partial charge in [-0.3, -0.25) is 10.1 Å². The molecule has 0 spiro atoms. The van der Waals surface area contributed by atoms with E-state index in [9.17, 15) is 14.5 Å². The summed E-state index contributed by atoms with van der Waals surface area (Å²) >= 11 is 7.56. The minimum absolute atomic E-state index is 0.0154. The molecule has 0 aromatic heterocycles. The molecule has 0 aliphatic rings. The van der Waals surface area contributed by atoms with Crippen molar-refractivity contribution in [2.24, 2.45) is 0 Å². The van der Waals surface area contributed by atoms with Crippen molar-refractivity contribution in [3.05, 3.63) is 60.9 Å². The van der Waals surface area contributed by atoms with Crippen LogP contribution in [0.2, 0.25) is 5.02 Å². The van der Waals surface area contributed by atoms with E-state index in [-0.39, 0.29) is 10.7 Å². The van der Waals surface area contributed by atoms with Crippen molar-refractivity contribution in [1.82, 2.24) is 0 Å². The van der Waals surface area contributed by atoms with E-state index in [1.807, 2.05) is 22.6 Å². The van der Waals surface area contributed by atoms with Gasteiger partial charge in [-0.15, -0.1) is 0 Å². The number of rotatable bonds is 3. The zero-order valence-corrected chi connectivity index (χ0v) is 12.3. The minimum Gasteiger partial charge on any atom is -0.355 e. The minimum atomic E-state index is -0.495. The summed E-state index contributed by atoms with van der Waals surface area (Å²) < 4.78 is 13.5. The summed E-state index contributed by atoms with van der Waals surface area (Å²) in [5, 5.41) is 13.7. The van der Waals surface area contributed by atoms with Gasteiger partial charge in [0.05, 0.1) is 13.5 Å². The highest BCUT2D eigenvalue weighted by atomic mass is 127. The van der Waals surface area contributed by atoms with Gasteiger partial charge in [0.2, 0.25) is 0 Å². The molecule has 19 heavy (non-hydrogen) atoms. The molecular formula is C12H7ClFIN2O2. The molecule has 0 atom stereocenters. The van der Waals surface area contributed by atoms with Crippen LogP contribution in [0.15, 0.2) is 36.4 Å². The zero-order valence-electron chi connectivity index (χ0n) is 9.36. The maximum absolute atomic E-state index is 13.0. The fourth-order valence-corrected chi connectivity index (χ4v) is 2.37. The van der Waals surface area contributed by atoms with Crippen LogP contribution in [0.5, 0.6) is 0 Å². The Balaban J connectivity index is 2.26. The number of anilines is 2. The second kappa shape index (κ2) is 5.70. The number of nitrogens with one attached hydrogen (secondary N) is 1. The van der Waals surface area contributed by atoms with Crippen LogP contribution in [0, 0.1) is 19.5 Å². The molecule has 98 valence electrons. The van der Waals surface area contributed by atoms with E-state index < -0.39 is 10.7 Å². The van der Waals surface area contributed by atoms with Crippen LogP contribution in [0.25, 0.3) is 0 Å². The van der Waals surface area contributed by atoms with E-state index in [1.54, 1.807) is 12.1 Å². The number of benzene rings is 2. The van der Waals surface area contributed by atoms with Gasteiger partial charge in [-0.2, -0.15) is 0 Å². The molecule has 0 aliphatic heterocycles. The molecule has 4 nitrogen and oxygen atoms in total. The molecule has 2 aromatic rings. The quantitative estimate of drug-likeness (QED) is 0.466. The first-order valence-corrected chi connectivity index (χ1v) is 6.59. The van der Waals surface area contributed by atoms with Crippen molar-refractivity contribution in [2.45, 2.75) is 0 Å². The third-order valence-corrected chi connectivity index (χ3v) is 3.51. The molecular weight excluding hydrogens is 385 g/mol. The van der Waals surface area contributed by atoms with Crippen LogP contribution >= 0.6 is 34.2 Å². The first-order chi connectivity index (χ1) is 8.97. The SMILES string of the molecule is O=[N+]([O-])c1ccc(Nc2ccc(F)c(Cl)c2)cc1I. The van der Waals surface area contributed by atoms with Gasteiger partial charge < -0.3 is 5.32 Å². The summed E-state index contributed by atoms with van der Waals surface area (Å²) in [7, 11) is 0. The molecule has 0 aliphatic carbocycles. The molecule has 0 radical (unpaired) electrons. The normalized spacial score (nSPS) is 10.3.